The lowest BCUT2D eigenvalue weighted by atomic mass is 10.1. The first kappa shape index (κ1) is 23.6. The molecule has 0 bridgehead atoms. The Hall–Kier alpha value is -4.10. The Morgan fingerprint density at radius 1 is 1.17 bits per heavy atom. The van der Waals surface area contributed by atoms with E-state index >= 15 is 0 Å². The number of benzene rings is 1. The summed E-state index contributed by atoms with van der Waals surface area (Å²) < 4.78 is 9.72. The molecule has 1 atom stereocenters. The third-order valence-electron chi connectivity index (χ3n) is 6.64. The lowest BCUT2D eigenvalue weighted by Crippen LogP contribution is -2.44. The molecule has 1 aliphatic heterocycles. The highest BCUT2D eigenvalue weighted by Crippen LogP contribution is 2.23. The van der Waals surface area contributed by atoms with Gasteiger partial charge in [-0.1, -0.05) is 12.0 Å². The molecule has 186 valence electrons. The average Bonchev–Trinajstić information content (AvgIpc) is 3.28. The molecule has 10 heteroatoms. The number of anilines is 1. The SMILES string of the molecule is CC#CCn1c(N2CCCC(N)C2)nc2c1c(=O)n(Cc1ccc3cc(OC)ccc3n1)c(=O)n2C. The van der Waals surface area contributed by atoms with E-state index in [1.54, 1.807) is 21.1 Å². The maximum atomic E-state index is 13.8. The summed E-state index contributed by atoms with van der Waals surface area (Å²) in [5, 5.41) is 0.911. The van der Waals surface area contributed by atoms with Crippen molar-refractivity contribution in [2.75, 3.05) is 25.1 Å². The van der Waals surface area contributed by atoms with Crippen LogP contribution >= 0.6 is 0 Å². The second kappa shape index (κ2) is 9.51. The fraction of sp³-hybridized carbons (Fsp3) is 0.385. The first-order valence-corrected chi connectivity index (χ1v) is 11.9. The number of fused-ring (bicyclic) bond motifs is 2. The Balaban J connectivity index is 1.64. The maximum absolute atomic E-state index is 13.8. The highest BCUT2D eigenvalue weighted by atomic mass is 16.5. The quantitative estimate of drug-likeness (QED) is 0.424. The van der Waals surface area contributed by atoms with Crippen molar-refractivity contribution in [3.8, 4) is 17.6 Å². The molecule has 0 radical (unpaired) electrons. The van der Waals surface area contributed by atoms with Crippen molar-refractivity contribution in [2.24, 2.45) is 12.8 Å². The molecule has 1 aromatic carbocycles. The topological polar surface area (TPSA) is 113 Å². The van der Waals surface area contributed by atoms with Gasteiger partial charge in [0.25, 0.3) is 5.56 Å². The predicted octanol–water partition coefficient (Wildman–Crippen LogP) is 1.45. The van der Waals surface area contributed by atoms with Gasteiger partial charge in [0.1, 0.15) is 5.75 Å². The number of rotatable bonds is 5. The van der Waals surface area contributed by atoms with Crippen LogP contribution in [-0.2, 0) is 20.1 Å². The lowest BCUT2D eigenvalue weighted by molar-refractivity contribution is 0.415. The molecular formula is C26H29N7O3. The first-order valence-electron chi connectivity index (χ1n) is 11.9. The number of aryl methyl sites for hydroxylation is 1. The van der Waals surface area contributed by atoms with Gasteiger partial charge in [0.15, 0.2) is 11.2 Å². The third-order valence-corrected chi connectivity index (χ3v) is 6.64. The summed E-state index contributed by atoms with van der Waals surface area (Å²) in [5.41, 5.74) is 7.40. The second-order valence-electron chi connectivity index (χ2n) is 9.04. The number of aromatic nitrogens is 5. The number of nitrogens with zero attached hydrogens (tertiary/aromatic N) is 6. The molecule has 5 rings (SSSR count). The number of hydrogen-bond donors (Lipinski definition) is 1. The summed E-state index contributed by atoms with van der Waals surface area (Å²) in [5.74, 6) is 7.30. The van der Waals surface area contributed by atoms with Crippen molar-refractivity contribution < 1.29 is 4.74 Å². The van der Waals surface area contributed by atoms with E-state index in [1.807, 2.05) is 34.9 Å². The summed E-state index contributed by atoms with van der Waals surface area (Å²) in [4.78, 5) is 38.5. The van der Waals surface area contributed by atoms with E-state index in [1.165, 1.54) is 9.13 Å². The Morgan fingerprint density at radius 2 is 2.00 bits per heavy atom. The summed E-state index contributed by atoms with van der Waals surface area (Å²) in [7, 11) is 3.25. The van der Waals surface area contributed by atoms with E-state index < -0.39 is 11.2 Å². The van der Waals surface area contributed by atoms with Crippen LogP contribution in [0.25, 0.3) is 22.1 Å². The molecule has 0 spiro atoms. The smallest absolute Gasteiger partial charge is 0.332 e. The van der Waals surface area contributed by atoms with E-state index in [4.69, 9.17) is 15.5 Å². The second-order valence-corrected chi connectivity index (χ2v) is 9.04. The van der Waals surface area contributed by atoms with Gasteiger partial charge in [-0.25, -0.2) is 4.79 Å². The molecule has 3 aromatic heterocycles. The van der Waals surface area contributed by atoms with Crippen LogP contribution in [0.15, 0.2) is 39.9 Å². The Kier molecular flexibility index (Phi) is 6.24. The molecule has 1 fully saturated rings. The highest BCUT2D eigenvalue weighted by molar-refractivity contribution is 5.80. The van der Waals surface area contributed by atoms with Crippen LogP contribution in [0, 0.1) is 11.8 Å². The van der Waals surface area contributed by atoms with Gasteiger partial charge < -0.3 is 15.4 Å². The van der Waals surface area contributed by atoms with Crippen molar-refractivity contribution >= 4 is 28.0 Å². The number of methoxy groups -OCH3 is 1. The molecule has 2 N–H and O–H groups in total. The van der Waals surface area contributed by atoms with E-state index in [0.717, 1.165) is 36.0 Å². The van der Waals surface area contributed by atoms with Gasteiger partial charge in [0, 0.05) is 31.6 Å². The predicted molar refractivity (Wildman–Crippen MR) is 140 cm³/mol. The van der Waals surface area contributed by atoms with Crippen LogP contribution in [0.5, 0.6) is 5.75 Å². The van der Waals surface area contributed by atoms with Crippen LogP contribution in [0.2, 0.25) is 0 Å². The standard InChI is InChI=1S/C26H29N7O3/c1-4-5-13-32-22-23(29-25(32)31-12-6-7-18(27)15-31)30(2)26(35)33(24(22)34)16-19-9-8-17-14-20(36-3)10-11-21(17)28-19/h8-11,14,18H,6-7,12-13,15-16,27H2,1-3H3. The zero-order chi connectivity index (χ0) is 25.4. The number of imidazole rings is 1. The van der Waals surface area contributed by atoms with Crippen molar-refractivity contribution in [3.05, 3.63) is 56.9 Å². The van der Waals surface area contributed by atoms with E-state index in [9.17, 15) is 9.59 Å². The van der Waals surface area contributed by atoms with Crippen LogP contribution in [0.1, 0.15) is 25.5 Å². The van der Waals surface area contributed by atoms with Crippen molar-refractivity contribution in [2.45, 2.75) is 38.9 Å². The molecular weight excluding hydrogens is 458 g/mol. The van der Waals surface area contributed by atoms with Crippen molar-refractivity contribution in [1.82, 2.24) is 23.7 Å². The maximum Gasteiger partial charge on any atom is 0.332 e. The lowest BCUT2D eigenvalue weighted by Gasteiger charge is -2.31. The highest BCUT2D eigenvalue weighted by Gasteiger charge is 2.26. The normalized spacial score (nSPS) is 15.8. The summed E-state index contributed by atoms with van der Waals surface area (Å²) in [6.45, 7) is 3.50. The average molecular weight is 488 g/mol. The summed E-state index contributed by atoms with van der Waals surface area (Å²) in [6, 6.07) is 9.34. The summed E-state index contributed by atoms with van der Waals surface area (Å²) >= 11 is 0. The fourth-order valence-electron chi connectivity index (χ4n) is 4.76. The van der Waals surface area contributed by atoms with E-state index in [2.05, 4.69) is 21.7 Å². The van der Waals surface area contributed by atoms with Gasteiger partial charge in [0.2, 0.25) is 5.95 Å². The van der Waals surface area contributed by atoms with Gasteiger partial charge in [-0.3, -0.25) is 23.5 Å². The molecule has 0 aliphatic carbocycles. The minimum absolute atomic E-state index is 0.0312. The zero-order valence-corrected chi connectivity index (χ0v) is 20.7. The minimum Gasteiger partial charge on any atom is -0.497 e. The van der Waals surface area contributed by atoms with Gasteiger partial charge in [-0.15, -0.1) is 5.92 Å². The fourth-order valence-corrected chi connectivity index (χ4v) is 4.76. The minimum atomic E-state index is -0.447. The Bertz CT molecular complexity index is 1640. The molecule has 1 unspecified atom stereocenters. The third kappa shape index (κ3) is 4.12. The first-order chi connectivity index (χ1) is 17.4. The molecule has 36 heavy (non-hydrogen) atoms. The van der Waals surface area contributed by atoms with Gasteiger partial charge in [0.05, 0.1) is 31.4 Å². The van der Waals surface area contributed by atoms with Crippen molar-refractivity contribution in [3.63, 3.8) is 0 Å². The van der Waals surface area contributed by atoms with E-state index in [-0.39, 0.29) is 19.1 Å². The number of hydrogen-bond acceptors (Lipinski definition) is 7. The molecule has 0 amide bonds. The molecule has 10 nitrogen and oxygen atoms in total. The van der Waals surface area contributed by atoms with Crippen molar-refractivity contribution in [1.29, 1.82) is 0 Å². The van der Waals surface area contributed by atoms with Gasteiger partial charge in [-0.2, -0.15) is 4.98 Å². The largest absolute Gasteiger partial charge is 0.497 e. The Morgan fingerprint density at radius 3 is 2.75 bits per heavy atom. The van der Waals surface area contributed by atoms with Crippen LogP contribution in [0.3, 0.4) is 0 Å². The molecule has 0 saturated carbocycles. The number of pyridine rings is 1. The van der Waals surface area contributed by atoms with Gasteiger partial charge in [-0.05, 0) is 44.0 Å². The molecule has 4 aromatic rings. The van der Waals surface area contributed by atoms with E-state index in [0.29, 0.717) is 29.4 Å². The molecule has 1 aliphatic rings. The Labute approximate surface area is 207 Å². The molecule has 4 heterocycles. The number of nitrogens with two attached hydrogens (primary N) is 1. The zero-order valence-electron chi connectivity index (χ0n) is 20.7. The van der Waals surface area contributed by atoms with Gasteiger partial charge >= 0.3 is 5.69 Å². The number of piperidine rings is 1. The molecule has 1 saturated heterocycles. The van der Waals surface area contributed by atoms with Crippen LogP contribution < -0.4 is 26.6 Å². The number of ether oxygens (including phenoxy) is 1. The van der Waals surface area contributed by atoms with Crippen LogP contribution in [-0.4, -0.2) is 49.9 Å². The van der Waals surface area contributed by atoms with Crippen LogP contribution in [0.4, 0.5) is 5.95 Å². The summed E-state index contributed by atoms with van der Waals surface area (Å²) in [6.07, 6.45) is 1.88. The monoisotopic (exact) mass is 487 g/mol.